The summed E-state index contributed by atoms with van der Waals surface area (Å²) in [6.45, 7) is 0. The number of aromatic nitrogens is 1. The fraction of sp³-hybridized carbons (Fsp3) is 0. The SMILES string of the molecule is Brc1ccoc1.c1ccc2[nH]ccc2c1. The standard InChI is InChI=1S/C8H7N.C4H3BrO/c1-2-4-8-7(3-1)5-6-9-8;5-4-1-2-6-3-4/h1-6,9H;1-3H. The first-order valence-corrected chi connectivity index (χ1v) is 5.35. The predicted molar refractivity (Wildman–Crippen MR) is 64.7 cm³/mol. The molecule has 0 aliphatic carbocycles. The minimum Gasteiger partial charge on any atom is -0.471 e. The van der Waals surface area contributed by atoms with E-state index in [1.807, 2.05) is 24.4 Å². The van der Waals surface area contributed by atoms with Crippen LogP contribution in [0.25, 0.3) is 10.9 Å². The van der Waals surface area contributed by atoms with Crippen molar-refractivity contribution >= 4 is 26.8 Å². The molecule has 2 nitrogen and oxygen atoms in total. The monoisotopic (exact) mass is 263 g/mol. The van der Waals surface area contributed by atoms with Crippen LogP contribution in [0, 0.1) is 0 Å². The molecular formula is C12H10BrNO. The summed E-state index contributed by atoms with van der Waals surface area (Å²) in [6.07, 6.45) is 5.19. The summed E-state index contributed by atoms with van der Waals surface area (Å²) in [5.74, 6) is 0. The summed E-state index contributed by atoms with van der Waals surface area (Å²) >= 11 is 3.19. The van der Waals surface area contributed by atoms with Gasteiger partial charge in [-0.25, -0.2) is 0 Å². The molecule has 0 aliphatic heterocycles. The lowest BCUT2D eigenvalue weighted by Crippen LogP contribution is -1.61. The molecule has 3 aromatic rings. The lowest BCUT2D eigenvalue weighted by atomic mass is 10.3. The van der Waals surface area contributed by atoms with Crippen LogP contribution in [0.3, 0.4) is 0 Å². The Kier molecular flexibility index (Phi) is 3.25. The van der Waals surface area contributed by atoms with Gasteiger partial charge in [0.2, 0.25) is 0 Å². The van der Waals surface area contributed by atoms with Crippen molar-refractivity contribution in [2.75, 3.05) is 0 Å². The van der Waals surface area contributed by atoms with Gasteiger partial charge >= 0.3 is 0 Å². The van der Waals surface area contributed by atoms with Crippen LogP contribution in [0.5, 0.6) is 0 Å². The first-order valence-electron chi connectivity index (χ1n) is 4.56. The Balaban J connectivity index is 0.000000124. The van der Waals surface area contributed by atoms with Crippen molar-refractivity contribution in [3.8, 4) is 0 Å². The van der Waals surface area contributed by atoms with Crippen LogP contribution >= 0.6 is 15.9 Å². The zero-order valence-corrected chi connectivity index (χ0v) is 9.57. The molecule has 0 saturated heterocycles. The molecule has 2 heterocycles. The fourth-order valence-electron chi connectivity index (χ4n) is 1.24. The largest absolute Gasteiger partial charge is 0.471 e. The molecule has 0 aliphatic rings. The molecule has 3 heteroatoms. The van der Waals surface area contributed by atoms with Crippen molar-refractivity contribution in [2.45, 2.75) is 0 Å². The number of H-pyrrole nitrogens is 1. The Hall–Kier alpha value is -1.48. The van der Waals surface area contributed by atoms with Gasteiger partial charge in [0.15, 0.2) is 0 Å². The van der Waals surface area contributed by atoms with Gasteiger partial charge in [0.1, 0.15) is 6.26 Å². The van der Waals surface area contributed by atoms with E-state index in [0.29, 0.717) is 0 Å². The van der Waals surface area contributed by atoms with E-state index in [1.54, 1.807) is 12.5 Å². The zero-order chi connectivity index (χ0) is 10.5. The third kappa shape index (κ3) is 2.73. The van der Waals surface area contributed by atoms with Gasteiger partial charge < -0.3 is 9.40 Å². The molecule has 0 unspecified atom stereocenters. The number of halogens is 1. The number of aromatic amines is 1. The van der Waals surface area contributed by atoms with E-state index in [2.05, 4.69) is 43.5 Å². The first kappa shape index (κ1) is 10.1. The highest BCUT2D eigenvalue weighted by molar-refractivity contribution is 9.10. The number of hydrogen-bond donors (Lipinski definition) is 1. The average molecular weight is 264 g/mol. The summed E-state index contributed by atoms with van der Waals surface area (Å²) < 4.78 is 5.66. The molecule has 0 amide bonds. The Morgan fingerprint density at radius 1 is 1.07 bits per heavy atom. The van der Waals surface area contributed by atoms with Gasteiger partial charge in [-0.1, -0.05) is 18.2 Å². The predicted octanol–water partition coefficient (Wildman–Crippen LogP) is 4.21. The fourth-order valence-corrected chi connectivity index (χ4v) is 1.46. The van der Waals surface area contributed by atoms with E-state index in [0.717, 1.165) is 4.47 Å². The topological polar surface area (TPSA) is 28.9 Å². The minimum atomic E-state index is 0.988. The molecule has 3 rings (SSSR count). The zero-order valence-electron chi connectivity index (χ0n) is 7.98. The van der Waals surface area contributed by atoms with Crippen LogP contribution in [-0.4, -0.2) is 4.98 Å². The van der Waals surface area contributed by atoms with E-state index in [9.17, 15) is 0 Å². The summed E-state index contributed by atoms with van der Waals surface area (Å²) in [6, 6.07) is 12.1. The van der Waals surface area contributed by atoms with Crippen molar-refractivity contribution in [3.63, 3.8) is 0 Å². The van der Waals surface area contributed by atoms with Crippen molar-refractivity contribution in [3.05, 3.63) is 59.6 Å². The van der Waals surface area contributed by atoms with Crippen LogP contribution in [0.1, 0.15) is 0 Å². The quantitative estimate of drug-likeness (QED) is 0.647. The average Bonchev–Trinajstić information content (AvgIpc) is 2.88. The maximum absolute atomic E-state index is 4.67. The molecule has 1 aromatic carbocycles. The van der Waals surface area contributed by atoms with Crippen molar-refractivity contribution in [1.29, 1.82) is 0 Å². The smallest absolute Gasteiger partial charge is 0.104 e. The summed E-state index contributed by atoms with van der Waals surface area (Å²) in [4.78, 5) is 3.12. The van der Waals surface area contributed by atoms with Gasteiger partial charge in [-0.2, -0.15) is 0 Å². The lowest BCUT2D eigenvalue weighted by molar-refractivity contribution is 0.566. The second-order valence-electron chi connectivity index (χ2n) is 3.01. The Labute approximate surface area is 96.0 Å². The number of benzene rings is 1. The maximum Gasteiger partial charge on any atom is 0.104 e. The van der Waals surface area contributed by atoms with Gasteiger partial charge in [0.25, 0.3) is 0 Å². The van der Waals surface area contributed by atoms with Crippen molar-refractivity contribution in [2.24, 2.45) is 0 Å². The molecule has 0 atom stereocenters. The molecule has 2 aromatic heterocycles. The lowest BCUT2D eigenvalue weighted by Gasteiger charge is -1.83. The van der Waals surface area contributed by atoms with E-state index in [4.69, 9.17) is 0 Å². The highest BCUT2D eigenvalue weighted by Crippen LogP contribution is 2.09. The Morgan fingerprint density at radius 3 is 2.53 bits per heavy atom. The highest BCUT2D eigenvalue weighted by atomic mass is 79.9. The second-order valence-corrected chi connectivity index (χ2v) is 3.92. The van der Waals surface area contributed by atoms with Gasteiger partial charge in [-0.05, 0) is 39.5 Å². The van der Waals surface area contributed by atoms with Gasteiger partial charge in [0.05, 0.1) is 10.7 Å². The van der Waals surface area contributed by atoms with Crippen LogP contribution in [0.15, 0.2) is 64.0 Å². The molecule has 0 fully saturated rings. The van der Waals surface area contributed by atoms with E-state index in [1.165, 1.54) is 10.9 Å². The van der Waals surface area contributed by atoms with Gasteiger partial charge in [-0.3, -0.25) is 0 Å². The minimum absolute atomic E-state index is 0.988. The van der Waals surface area contributed by atoms with Crippen molar-refractivity contribution < 1.29 is 4.42 Å². The molecule has 0 radical (unpaired) electrons. The van der Waals surface area contributed by atoms with Crippen LogP contribution in [0.4, 0.5) is 0 Å². The van der Waals surface area contributed by atoms with Crippen molar-refractivity contribution in [1.82, 2.24) is 4.98 Å². The first-order chi connectivity index (χ1) is 7.36. The number of rotatable bonds is 0. The number of furan rings is 1. The molecule has 0 bridgehead atoms. The third-order valence-corrected chi connectivity index (χ3v) is 2.40. The number of para-hydroxylation sites is 1. The normalized spacial score (nSPS) is 9.67. The summed E-state index contributed by atoms with van der Waals surface area (Å²) in [5, 5.41) is 1.28. The van der Waals surface area contributed by atoms with E-state index >= 15 is 0 Å². The molecule has 0 spiro atoms. The highest BCUT2D eigenvalue weighted by Gasteiger charge is 1.86. The van der Waals surface area contributed by atoms with E-state index < -0.39 is 0 Å². The Bertz CT molecular complexity index is 483. The van der Waals surface area contributed by atoms with E-state index in [-0.39, 0.29) is 0 Å². The number of nitrogens with one attached hydrogen (secondary N) is 1. The molecule has 1 N–H and O–H groups in total. The Morgan fingerprint density at radius 2 is 1.93 bits per heavy atom. The molecule has 15 heavy (non-hydrogen) atoms. The summed E-state index contributed by atoms with van der Waals surface area (Å²) in [5.41, 5.74) is 1.21. The van der Waals surface area contributed by atoms with Crippen LogP contribution in [0.2, 0.25) is 0 Å². The van der Waals surface area contributed by atoms with Crippen LogP contribution in [-0.2, 0) is 0 Å². The third-order valence-electron chi connectivity index (χ3n) is 1.95. The molecule has 0 saturated carbocycles. The molecular weight excluding hydrogens is 254 g/mol. The van der Waals surface area contributed by atoms with Gasteiger partial charge in [-0.15, -0.1) is 0 Å². The second kappa shape index (κ2) is 4.84. The van der Waals surface area contributed by atoms with Gasteiger partial charge in [0, 0.05) is 11.7 Å². The number of fused-ring (bicyclic) bond motifs is 1. The molecule has 76 valence electrons. The maximum atomic E-state index is 4.67. The summed E-state index contributed by atoms with van der Waals surface area (Å²) in [7, 11) is 0. The van der Waals surface area contributed by atoms with Crippen LogP contribution < -0.4 is 0 Å². The number of hydrogen-bond acceptors (Lipinski definition) is 1.